The highest BCUT2D eigenvalue weighted by Crippen LogP contribution is 2.69. The summed E-state index contributed by atoms with van der Waals surface area (Å²) in [6.07, 6.45) is 18.7. The van der Waals surface area contributed by atoms with Crippen LogP contribution >= 0.6 is 0 Å². The lowest BCUT2D eigenvalue weighted by molar-refractivity contribution is -0.147. The molecule has 1 aromatic heterocycles. The maximum absolute atomic E-state index is 7.32. The van der Waals surface area contributed by atoms with E-state index in [1.54, 1.807) is 5.57 Å². The van der Waals surface area contributed by atoms with Crippen molar-refractivity contribution in [2.45, 2.75) is 81.5 Å². The lowest BCUT2D eigenvalue weighted by Crippen LogP contribution is -2.54. The minimum Gasteiger partial charge on any atom is -0.381 e. The molecule has 2 spiro atoms. The van der Waals surface area contributed by atoms with E-state index in [1.807, 2.05) is 19.5 Å². The lowest BCUT2D eigenvalue weighted by atomic mass is 9.58. The summed E-state index contributed by atoms with van der Waals surface area (Å²) in [4.78, 5) is 4.37. The predicted octanol–water partition coefficient (Wildman–Crippen LogP) is 6.49. The molecule has 6 unspecified atom stereocenters. The number of hydrogen-bond donors (Lipinski definition) is 0. The number of hydrogen-bond acceptors (Lipinski definition) is 3. The number of nitrogens with zero attached hydrogens (tertiary/aromatic N) is 1. The van der Waals surface area contributed by atoms with Crippen LogP contribution in [0.4, 0.5) is 0 Å². The fourth-order valence-electron chi connectivity index (χ4n) is 8.43. The Morgan fingerprint density at radius 3 is 2.94 bits per heavy atom. The first-order chi connectivity index (χ1) is 15.6. The van der Waals surface area contributed by atoms with Gasteiger partial charge in [0.05, 0.1) is 17.3 Å². The third kappa shape index (κ3) is 2.42. The lowest BCUT2D eigenvalue weighted by Gasteiger charge is -2.54. The maximum atomic E-state index is 7.32. The topological polar surface area (TPSA) is 31.4 Å². The van der Waals surface area contributed by atoms with E-state index in [0.717, 1.165) is 32.1 Å². The standard InChI is InChI=1S/C29H33NO2/c1-27-11-9-23-16-22-5-6-24(31-2)17-28(22)12-13-29(23,32-28)26(27)8-7-25(27)20-4-3-19-10-14-30-18-21(19)15-20/h3-4,9-10,14-16,18,24-26H,5-8,11-13,17H2,1-2H3. The molecule has 0 amide bonds. The van der Waals surface area contributed by atoms with Crippen molar-refractivity contribution in [1.82, 2.24) is 4.98 Å². The van der Waals surface area contributed by atoms with Crippen LogP contribution in [0.25, 0.3) is 10.8 Å². The van der Waals surface area contributed by atoms with Gasteiger partial charge < -0.3 is 9.47 Å². The molecule has 1 saturated heterocycles. The molecule has 3 aliphatic carbocycles. The third-order valence-corrected chi connectivity index (χ3v) is 10.0. The number of methoxy groups -OCH3 is 1. The summed E-state index contributed by atoms with van der Waals surface area (Å²) >= 11 is 0. The van der Waals surface area contributed by atoms with Crippen LogP contribution in [0.1, 0.15) is 69.8 Å². The van der Waals surface area contributed by atoms with Crippen molar-refractivity contribution in [1.29, 1.82) is 0 Å². The second-order valence-corrected chi connectivity index (χ2v) is 11.3. The number of aromatic nitrogens is 1. The predicted molar refractivity (Wildman–Crippen MR) is 127 cm³/mol. The summed E-state index contributed by atoms with van der Waals surface area (Å²) in [7, 11) is 1.87. The molecule has 0 N–H and O–H groups in total. The molecule has 32 heavy (non-hydrogen) atoms. The molecule has 3 heteroatoms. The third-order valence-electron chi connectivity index (χ3n) is 10.0. The van der Waals surface area contributed by atoms with E-state index >= 15 is 0 Å². The number of fused-ring (bicyclic) bond motifs is 2. The fraction of sp³-hybridized carbons (Fsp3) is 0.552. The molecule has 5 aliphatic rings. The Labute approximate surface area is 190 Å². The Morgan fingerprint density at radius 2 is 2.03 bits per heavy atom. The van der Waals surface area contributed by atoms with E-state index in [0.29, 0.717) is 17.9 Å². The largest absolute Gasteiger partial charge is 0.381 e. The average molecular weight is 428 g/mol. The minimum atomic E-state index is -0.0840. The minimum absolute atomic E-state index is 0.0682. The molecule has 7 rings (SSSR count). The van der Waals surface area contributed by atoms with Gasteiger partial charge in [-0.15, -0.1) is 0 Å². The first-order valence-electron chi connectivity index (χ1n) is 12.5. The van der Waals surface area contributed by atoms with Gasteiger partial charge in [-0.25, -0.2) is 0 Å². The second-order valence-electron chi connectivity index (χ2n) is 11.3. The molecule has 6 atom stereocenters. The summed E-state index contributed by atoms with van der Waals surface area (Å²) in [6.45, 7) is 2.55. The van der Waals surface area contributed by atoms with Gasteiger partial charge in [0.15, 0.2) is 0 Å². The van der Waals surface area contributed by atoms with Crippen LogP contribution in [0.15, 0.2) is 60.0 Å². The highest BCUT2D eigenvalue weighted by molar-refractivity contribution is 5.82. The van der Waals surface area contributed by atoms with Crippen LogP contribution in [0.3, 0.4) is 0 Å². The van der Waals surface area contributed by atoms with Crippen molar-refractivity contribution >= 4 is 10.8 Å². The van der Waals surface area contributed by atoms with Gasteiger partial charge in [-0.3, -0.25) is 4.98 Å². The summed E-state index contributed by atoms with van der Waals surface area (Å²) < 4.78 is 13.1. The van der Waals surface area contributed by atoms with Gasteiger partial charge in [0.25, 0.3) is 0 Å². The average Bonchev–Trinajstić information content (AvgIpc) is 3.33. The monoisotopic (exact) mass is 427 g/mol. The molecule has 166 valence electrons. The molecular formula is C29H33NO2. The van der Waals surface area contributed by atoms with Crippen LogP contribution in [-0.4, -0.2) is 29.4 Å². The Hall–Kier alpha value is -1.97. The zero-order valence-corrected chi connectivity index (χ0v) is 19.3. The SMILES string of the molecule is COC1CCC2=CC3=CCC4(C)C(c5ccc6ccncc6c5)CCC4C34CCC2(C1)O4. The van der Waals surface area contributed by atoms with Gasteiger partial charge in [-0.1, -0.05) is 31.2 Å². The van der Waals surface area contributed by atoms with Crippen molar-refractivity contribution < 1.29 is 9.47 Å². The van der Waals surface area contributed by atoms with Crippen LogP contribution in [0.2, 0.25) is 0 Å². The zero-order chi connectivity index (χ0) is 21.6. The van der Waals surface area contributed by atoms with Gasteiger partial charge >= 0.3 is 0 Å². The van der Waals surface area contributed by atoms with E-state index in [2.05, 4.69) is 48.3 Å². The molecule has 0 radical (unpaired) electrons. The summed E-state index contributed by atoms with van der Waals surface area (Å²) in [5.41, 5.74) is 4.62. The summed E-state index contributed by atoms with van der Waals surface area (Å²) in [6, 6.07) is 9.17. The van der Waals surface area contributed by atoms with E-state index in [1.165, 1.54) is 41.2 Å². The fourth-order valence-corrected chi connectivity index (χ4v) is 8.43. The molecule has 1 aromatic carbocycles. The summed E-state index contributed by atoms with van der Waals surface area (Å²) in [5.74, 6) is 1.16. The smallest absolute Gasteiger partial charge is 0.0974 e. The number of allylic oxidation sites excluding steroid dienone is 1. The van der Waals surface area contributed by atoms with Crippen LogP contribution in [0.5, 0.6) is 0 Å². The molecule has 3 fully saturated rings. The number of pyridine rings is 1. The Morgan fingerprint density at radius 1 is 1.09 bits per heavy atom. The van der Waals surface area contributed by atoms with Crippen LogP contribution < -0.4 is 0 Å². The highest BCUT2D eigenvalue weighted by Gasteiger charge is 2.66. The molecule has 2 saturated carbocycles. The summed E-state index contributed by atoms with van der Waals surface area (Å²) in [5, 5.41) is 2.54. The Balaban J connectivity index is 1.29. The molecular weight excluding hydrogens is 394 g/mol. The maximum Gasteiger partial charge on any atom is 0.0974 e. The van der Waals surface area contributed by atoms with E-state index < -0.39 is 0 Å². The number of benzene rings is 1. The van der Waals surface area contributed by atoms with Crippen LogP contribution in [-0.2, 0) is 9.47 Å². The van der Waals surface area contributed by atoms with Gasteiger partial charge in [0, 0.05) is 31.3 Å². The quantitative estimate of drug-likeness (QED) is 0.549. The Bertz CT molecular complexity index is 1170. The van der Waals surface area contributed by atoms with E-state index in [9.17, 15) is 0 Å². The van der Waals surface area contributed by atoms with Crippen molar-refractivity contribution in [3.8, 4) is 0 Å². The Kier molecular flexibility index (Phi) is 3.99. The van der Waals surface area contributed by atoms with E-state index in [4.69, 9.17) is 9.47 Å². The molecule has 2 aromatic rings. The second kappa shape index (κ2) is 6.55. The number of ether oxygens (including phenoxy) is 2. The first-order valence-corrected chi connectivity index (χ1v) is 12.5. The molecule has 3 heterocycles. The van der Waals surface area contributed by atoms with Gasteiger partial charge in [0.1, 0.15) is 0 Å². The molecule has 2 bridgehead atoms. The molecule has 3 nitrogen and oxygen atoms in total. The first kappa shape index (κ1) is 19.5. The van der Waals surface area contributed by atoms with Gasteiger partial charge in [-0.2, -0.15) is 0 Å². The number of rotatable bonds is 2. The van der Waals surface area contributed by atoms with E-state index in [-0.39, 0.29) is 16.6 Å². The van der Waals surface area contributed by atoms with Gasteiger partial charge in [-0.05, 0) is 96.4 Å². The van der Waals surface area contributed by atoms with Crippen molar-refractivity contribution in [3.63, 3.8) is 0 Å². The molecule has 2 aliphatic heterocycles. The zero-order valence-electron chi connectivity index (χ0n) is 19.3. The van der Waals surface area contributed by atoms with Gasteiger partial charge in [0.2, 0.25) is 0 Å². The van der Waals surface area contributed by atoms with Crippen molar-refractivity contribution in [2.24, 2.45) is 11.3 Å². The highest BCUT2D eigenvalue weighted by atomic mass is 16.5. The normalized spacial score (nSPS) is 42.1. The van der Waals surface area contributed by atoms with Crippen molar-refractivity contribution in [2.75, 3.05) is 7.11 Å². The van der Waals surface area contributed by atoms with Crippen molar-refractivity contribution in [3.05, 3.63) is 65.5 Å². The van der Waals surface area contributed by atoms with Crippen LogP contribution in [0, 0.1) is 11.3 Å².